The molecule has 0 aromatic carbocycles. The molecule has 1 aliphatic rings. The lowest BCUT2D eigenvalue weighted by molar-refractivity contribution is 0.436. The zero-order valence-electron chi connectivity index (χ0n) is 11.9. The van der Waals surface area contributed by atoms with Crippen molar-refractivity contribution in [2.45, 2.75) is 19.8 Å². The van der Waals surface area contributed by atoms with Crippen LogP contribution in [0.4, 0.5) is 11.5 Å². The molecule has 0 amide bonds. The summed E-state index contributed by atoms with van der Waals surface area (Å²) in [6.45, 7) is 8.81. The molecule has 1 aromatic rings. The number of hydrogen-bond donors (Lipinski definition) is 2. The first-order valence-corrected chi connectivity index (χ1v) is 7.46. The lowest BCUT2D eigenvalue weighted by Crippen LogP contribution is -2.33. The molecule has 1 aliphatic heterocycles. The maximum Gasteiger partial charge on any atom is 0.171 e. The van der Waals surface area contributed by atoms with Gasteiger partial charge in [0.25, 0.3) is 0 Å². The van der Waals surface area contributed by atoms with Crippen molar-refractivity contribution in [3.8, 4) is 0 Å². The van der Waals surface area contributed by atoms with Gasteiger partial charge >= 0.3 is 0 Å². The summed E-state index contributed by atoms with van der Waals surface area (Å²) in [5.74, 6) is 1.88. The van der Waals surface area contributed by atoms with E-state index >= 15 is 0 Å². The van der Waals surface area contributed by atoms with Crippen molar-refractivity contribution in [3.05, 3.63) is 31.0 Å². The van der Waals surface area contributed by atoms with E-state index < -0.39 is 0 Å². The van der Waals surface area contributed by atoms with Crippen LogP contribution in [-0.4, -0.2) is 29.7 Å². The number of rotatable bonds is 4. The minimum Gasteiger partial charge on any atom is -0.359 e. The third kappa shape index (κ3) is 4.20. The van der Waals surface area contributed by atoms with Gasteiger partial charge in [0.15, 0.2) is 5.11 Å². The van der Waals surface area contributed by atoms with Crippen molar-refractivity contribution in [3.63, 3.8) is 0 Å². The predicted molar refractivity (Wildman–Crippen MR) is 89.3 cm³/mol. The Morgan fingerprint density at radius 2 is 2.25 bits per heavy atom. The van der Waals surface area contributed by atoms with Crippen LogP contribution in [0.1, 0.15) is 19.8 Å². The maximum absolute atomic E-state index is 5.16. The van der Waals surface area contributed by atoms with Gasteiger partial charge in [-0.2, -0.15) is 0 Å². The van der Waals surface area contributed by atoms with Gasteiger partial charge in [-0.1, -0.05) is 13.0 Å². The fourth-order valence-corrected chi connectivity index (χ4v) is 2.43. The monoisotopic (exact) mass is 290 g/mol. The van der Waals surface area contributed by atoms with Gasteiger partial charge in [0.1, 0.15) is 5.82 Å². The van der Waals surface area contributed by atoms with Crippen molar-refractivity contribution >= 4 is 28.8 Å². The topological polar surface area (TPSA) is 40.2 Å². The van der Waals surface area contributed by atoms with Gasteiger partial charge in [-0.05, 0) is 43.1 Å². The van der Waals surface area contributed by atoms with Crippen LogP contribution in [0.3, 0.4) is 0 Å². The molecule has 2 N–H and O–H groups in total. The number of anilines is 2. The fraction of sp³-hybridized carbons (Fsp3) is 0.467. The first kappa shape index (κ1) is 14.8. The molecule has 108 valence electrons. The van der Waals surface area contributed by atoms with Gasteiger partial charge in [-0.25, -0.2) is 4.98 Å². The molecule has 0 spiro atoms. The summed E-state index contributed by atoms with van der Waals surface area (Å²) in [4.78, 5) is 6.86. The van der Waals surface area contributed by atoms with E-state index in [4.69, 9.17) is 12.2 Å². The second-order valence-corrected chi connectivity index (χ2v) is 5.61. The molecule has 1 aromatic heterocycles. The standard InChI is InChI=1S/C15H22N4S/c1-3-8-16-15(20)18-13-4-5-14(17-11-13)19-9-6-12(2)7-10-19/h3-5,11-12H,1,6-10H2,2H3,(H2,16,18,20). The minimum atomic E-state index is 0.589. The molecular weight excluding hydrogens is 268 g/mol. The summed E-state index contributed by atoms with van der Waals surface area (Å²) in [7, 11) is 0. The Kier molecular flexibility index (Phi) is 5.35. The van der Waals surface area contributed by atoms with Crippen molar-refractivity contribution in [2.75, 3.05) is 29.9 Å². The highest BCUT2D eigenvalue weighted by molar-refractivity contribution is 7.80. The number of piperidine rings is 1. The lowest BCUT2D eigenvalue weighted by Gasteiger charge is -2.31. The Morgan fingerprint density at radius 3 is 2.85 bits per heavy atom. The van der Waals surface area contributed by atoms with E-state index in [0.717, 1.165) is 30.5 Å². The highest BCUT2D eigenvalue weighted by atomic mass is 32.1. The molecular formula is C15H22N4S. The number of pyridine rings is 1. The molecule has 0 aliphatic carbocycles. The van der Waals surface area contributed by atoms with Crippen LogP contribution in [0.5, 0.6) is 0 Å². The molecule has 0 unspecified atom stereocenters. The number of nitrogens with one attached hydrogen (secondary N) is 2. The van der Waals surface area contributed by atoms with E-state index in [1.54, 1.807) is 6.08 Å². The van der Waals surface area contributed by atoms with E-state index in [-0.39, 0.29) is 0 Å². The summed E-state index contributed by atoms with van der Waals surface area (Å²) in [5.41, 5.74) is 0.903. The van der Waals surface area contributed by atoms with Crippen LogP contribution in [0, 0.1) is 5.92 Å². The second kappa shape index (κ2) is 7.24. The Bertz CT molecular complexity index is 449. The average molecular weight is 290 g/mol. The third-order valence-corrected chi connectivity index (χ3v) is 3.77. The van der Waals surface area contributed by atoms with E-state index in [1.165, 1.54) is 12.8 Å². The zero-order valence-corrected chi connectivity index (χ0v) is 12.7. The molecule has 1 fully saturated rings. The van der Waals surface area contributed by atoms with Crippen molar-refractivity contribution in [1.82, 2.24) is 10.3 Å². The molecule has 0 saturated carbocycles. The molecule has 20 heavy (non-hydrogen) atoms. The fourth-order valence-electron chi connectivity index (χ4n) is 2.22. The summed E-state index contributed by atoms with van der Waals surface area (Å²) < 4.78 is 0. The van der Waals surface area contributed by atoms with Gasteiger partial charge in [-0.15, -0.1) is 6.58 Å². The lowest BCUT2D eigenvalue weighted by atomic mass is 9.99. The number of aromatic nitrogens is 1. The summed E-state index contributed by atoms with van der Waals surface area (Å²) in [6.07, 6.45) is 6.09. The van der Waals surface area contributed by atoms with Crippen LogP contribution in [-0.2, 0) is 0 Å². The van der Waals surface area contributed by atoms with Gasteiger partial charge in [0.2, 0.25) is 0 Å². The molecule has 0 bridgehead atoms. The van der Waals surface area contributed by atoms with Crippen LogP contribution in [0.2, 0.25) is 0 Å². The normalized spacial score (nSPS) is 15.8. The summed E-state index contributed by atoms with van der Waals surface area (Å²) >= 11 is 5.16. The Hall–Kier alpha value is -1.62. The van der Waals surface area contributed by atoms with E-state index in [1.807, 2.05) is 12.3 Å². The highest BCUT2D eigenvalue weighted by Crippen LogP contribution is 2.21. The molecule has 0 radical (unpaired) electrons. The quantitative estimate of drug-likeness (QED) is 0.659. The van der Waals surface area contributed by atoms with Crippen LogP contribution < -0.4 is 15.5 Å². The van der Waals surface area contributed by atoms with Gasteiger partial charge in [0.05, 0.1) is 11.9 Å². The predicted octanol–water partition coefficient (Wildman–Crippen LogP) is 2.79. The number of thiocarbonyl (C=S) groups is 1. The second-order valence-electron chi connectivity index (χ2n) is 5.20. The summed E-state index contributed by atoms with van der Waals surface area (Å²) in [6, 6.07) is 4.07. The van der Waals surface area contributed by atoms with Crippen LogP contribution in [0.25, 0.3) is 0 Å². The maximum atomic E-state index is 5.16. The van der Waals surface area contributed by atoms with E-state index in [0.29, 0.717) is 11.7 Å². The Morgan fingerprint density at radius 1 is 1.50 bits per heavy atom. The molecule has 2 rings (SSSR count). The van der Waals surface area contributed by atoms with Crippen LogP contribution >= 0.6 is 12.2 Å². The molecule has 1 saturated heterocycles. The minimum absolute atomic E-state index is 0.589. The molecule has 4 nitrogen and oxygen atoms in total. The molecule has 2 heterocycles. The first-order valence-electron chi connectivity index (χ1n) is 7.06. The number of hydrogen-bond acceptors (Lipinski definition) is 3. The number of nitrogens with zero attached hydrogens (tertiary/aromatic N) is 2. The Balaban J connectivity index is 1.89. The van der Waals surface area contributed by atoms with E-state index in [9.17, 15) is 0 Å². The van der Waals surface area contributed by atoms with Gasteiger partial charge < -0.3 is 15.5 Å². The van der Waals surface area contributed by atoms with Crippen molar-refractivity contribution < 1.29 is 0 Å². The zero-order chi connectivity index (χ0) is 14.4. The Labute approximate surface area is 126 Å². The van der Waals surface area contributed by atoms with Gasteiger partial charge in [0, 0.05) is 19.6 Å². The van der Waals surface area contributed by atoms with Crippen LogP contribution in [0.15, 0.2) is 31.0 Å². The summed E-state index contributed by atoms with van der Waals surface area (Å²) in [5, 5.41) is 6.72. The molecule has 0 atom stereocenters. The average Bonchev–Trinajstić information content (AvgIpc) is 2.47. The smallest absolute Gasteiger partial charge is 0.171 e. The SMILES string of the molecule is C=CCNC(=S)Nc1ccc(N2CCC(C)CC2)nc1. The van der Waals surface area contributed by atoms with Crippen molar-refractivity contribution in [2.24, 2.45) is 5.92 Å². The third-order valence-electron chi connectivity index (χ3n) is 3.52. The van der Waals surface area contributed by atoms with Gasteiger partial charge in [-0.3, -0.25) is 0 Å². The largest absolute Gasteiger partial charge is 0.359 e. The van der Waals surface area contributed by atoms with Crippen molar-refractivity contribution in [1.29, 1.82) is 0 Å². The van der Waals surface area contributed by atoms with E-state index in [2.05, 4.69) is 40.1 Å². The first-order chi connectivity index (χ1) is 9.69. The molecule has 5 heteroatoms. The highest BCUT2D eigenvalue weighted by Gasteiger charge is 2.16.